The van der Waals surface area contributed by atoms with E-state index in [2.05, 4.69) is 20.3 Å². The molecule has 0 saturated carbocycles. The fourth-order valence-electron chi connectivity index (χ4n) is 0.783. The zero-order valence-electron chi connectivity index (χ0n) is 6.16. The van der Waals surface area contributed by atoms with Crippen molar-refractivity contribution in [3.63, 3.8) is 0 Å². The van der Waals surface area contributed by atoms with Gasteiger partial charge in [0.1, 0.15) is 0 Å². The topological polar surface area (TPSA) is 46.5 Å². The van der Waals surface area contributed by atoms with Gasteiger partial charge in [-0.2, -0.15) is 8.57 Å². The van der Waals surface area contributed by atoms with Crippen molar-refractivity contribution in [3.8, 4) is 0 Å². The molecule has 0 unspecified atom stereocenters. The average molecular weight is 281 g/mol. The molecule has 3 nitrogen and oxygen atoms in total. The van der Waals surface area contributed by atoms with Crippen LogP contribution in [-0.2, 0) is 11.5 Å². The van der Waals surface area contributed by atoms with E-state index in [1.807, 2.05) is 0 Å². The first kappa shape index (κ1) is 10.6. The Morgan fingerprint density at radius 1 is 1.46 bits per heavy atom. The summed E-state index contributed by atoms with van der Waals surface area (Å²) >= 11 is 8.51. The number of hydrogen-bond acceptors (Lipinski definition) is 3. The minimum absolute atomic E-state index is 0.0836. The number of carbonyl (C=O) groups excluding carboxylic acids is 1. The zero-order chi connectivity index (χ0) is 9.84. The van der Waals surface area contributed by atoms with E-state index in [0.717, 1.165) is 0 Å². The molecule has 0 spiro atoms. The van der Waals surface area contributed by atoms with Crippen molar-refractivity contribution < 1.29 is 9.00 Å². The first-order valence-corrected chi connectivity index (χ1v) is 5.01. The minimum atomic E-state index is -0.575. The lowest BCUT2D eigenvalue weighted by atomic mass is 10.2. The lowest BCUT2D eigenvalue weighted by Crippen LogP contribution is -1.87. The molecule has 0 amide bonds. The van der Waals surface area contributed by atoms with Crippen molar-refractivity contribution in [2.45, 2.75) is 0 Å². The third kappa shape index (κ3) is 3.02. The standard InChI is InChI=1S/C7H3BrClNO2S/c8-5-1-4(7(9)11)2-6(3-5)10-13-12/h1-3H. The summed E-state index contributed by atoms with van der Waals surface area (Å²) in [6, 6.07) is 4.63. The Labute approximate surface area is 91.5 Å². The Kier molecular flexibility index (Phi) is 3.77. The van der Waals surface area contributed by atoms with E-state index >= 15 is 0 Å². The molecule has 0 fully saturated rings. The molecule has 1 aromatic carbocycles. The number of benzene rings is 1. The first-order valence-electron chi connectivity index (χ1n) is 3.14. The first-order chi connectivity index (χ1) is 6.13. The van der Waals surface area contributed by atoms with Crippen LogP contribution in [0.4, 0.5) is 5.69 Å². The Bertz CT molecular complexity index is 383. The Morgan fingerprint density at radius 3 is 2.69 bits per heavy atom. The van der Waals surface area contributed by atoms with Crippen LogP contribution in [-0.4, -0.2) is 9.45 Å². The van der Waals surface area contributed by atoms with E-state index in [1.54, 1.807) is 12.1 Å². The number of hydrogen-bond donors (Lipinski definition) is 0. The predicted octanol–water partition coefficient (Wildman–Crippen LogP) is 2.86. The van der Waals surface area contributed by atoms with Gasteiger partial charge in [0, 0.05) is 10.0 Å². The highest BCUT2D eigenvalue weighted by atomic mass is 79.9. The maximum absolute atomic E-state index is 10.8. The van der Waals surface area contributed by atoms with Gasteiger partial charge >= 0.3 is 0 Å². The fourth-order valence-corrected chi connectivity index (χ4v) is 1.57. The van der Waals surface area contributed by atoms with Gasteiger partial charge in [0.05, 0.1) is 5.69 Å². The molecule has 1 rings (SSSR count). The number of nitrogens with zero attached hydrogens (tertiary/aromatic N) is 1. The monoisotopic (exact) mass is 279 g/mol. The predicted molar refractivity (Wildman–Crippen MR) is 54.6 cm³/mol. The van der Waals surface area contributed by atoms with E-state index < -0.39 is 5.24 Å². The normalized spacial score (nSPS) is 9.38. The summed E-state index contributed by atoms with van der Waals surface area (Å²) in [6.07, 6.45) is 0. The lowest BCUT2D eigenvalue weighted by molar-refractivity contribution is 0.108. The molecule has 0 bridgehead atoms. The molecule has 13 heavy (non-hydrogen) atoms. The minimum Gasteiger partial charge on any atom is -0.276 e. The highest BCUT2D eigenvalue weighted by molar-refractivity contribution is 9.10. The molecule has 0 atom stereocenters. The number of halogens is 2. The van der Waals surface area contributed by atoms with Gasteiger partial charge in [-0.25, -0.2) is 0 Å². The van der Waals surface area contributed by atoms with Gasteiger partial charge in [-0.15, -0.1) is 0 Å². The Hall–Kier alpha value is -0.520. The maximum atomic E-state index is 10.8. The van der Waals surface area contributed by atoms with E-state index in [9.17, 15) is 9.00 Å². The summed E-state index contributed by atoms with van der Waals surface area (Å²) in [5.74, 6) is 0. The van der Waals surface area contributed by atoms with Gasteiger partial charge in [0.15, 0.2) is 0 Å². The smallest absolute Gasteiger partial charge is 0.252 e. The van der Waals surface area contributed by atoms with Crippen LogP contribution in [0.25, 0.3) is 0 Å². The van der Waals surface area contributed by atoms with Crippen LogP contribution in [0.1, 0.15) is 10.4 Å². The summed E-state index contributed by atoms with van der Waals surface area (Å²) in [5.41, 5.74) is 0.724. The third-order valence-corrected chi connectivity index (χ3v) is 2.21. The SMILES string of the molecule is O=S=Nc1cc(Br)cc(C(=O)Cl)c1. The van der Waals surface area contributed by atoms with E-state index in [-0.39, 0.29) is 11.5 Å². The van der Waals surface area contributed by atoms with Crippen LogP contribution in [0.3, 0.4) is 0 Å². The van der Waals surface area contributed by atoms with Crippen LogP contribution in [0.2, 0.25) is 0 Å². The van der Waals surface area contributed by atoms with Crippen molar-refractivity contribution in [3.05, 3.63) is 28.2 Å². The van der Waals surface area contributed by atoms with E-state index in [0.29, 0.717) is 15.7 Å². The molecule has 68 valence electrons. The average Bonchev–Trinajstić information content (AvgIpc) is 2.03. The fraction of sp³-hybridized carbons (Fsp3) is 0. The Morgan fingerprint density at radius 2 is 2.15 bits per heavy atom. The number of rotatable bonds is 2. The maximum Gasteiger partial charge on any atom is 0.252 e. The molecular formula is C7H3BrClNO2S. The molecule has 0 aliphatic carbocycles. The zero-order valence-corrected chi connectivity index (χ0v) is 9.32. The van der Waals surface area contributed by atoms with Gasteiger partial charge in [0.2, 0.25) is 11.5 Å². The molecule has 0 radical (unpaired) electrons. The van der Waals surface area contributed by atoms with Crippen molar-refractivity contribution in [1.29, 1.82) is 0 Å². The second-order valence-corrected chi connectivity index (χ2v) is 3.73. The number of carbonyl (C=O) groups is 1. The van der Waals surface area contributed by atoms with Crippen LogP contribution >= 0.6 is 27.5 Å². The van der Waals surface area contributed by atoms with Crippen molar-refractivity contribution >= 4 is 49.9 Å². The molecule has 0 aliphatic rings. The summed E-state index contributed by atoms with van der Waals surface area (Å²) in [6.45, 7) is 0. The molecule has 0 heterocycles. The highest BCUT2D eigenvalue weighted by Gasteiger charge is 2.04. The van der Waals surface area contributed by atoms with Gasteiger partial charge in [0.25, 0.3) is 5.24 Å². The summed E-state index contributed by atoms with van der Waals surface area (Å²) in [5, 5.41) is -0.575. The van der Waals surface area contributed by atoms with E-state index in [4.69, 9.17) is 11.6 Å². The largest absolute Gasteiger partial charge is 0.276 e. The van der Waals surface area contributed by atoms with Crippen molar-refractivity contribution in [2.75, 3.05) is 0 Å². The second-order valence-electron chi connectivity index (χ2n) is 2.14. The van der Waals surface area contributed by atoms with Gasteiger partial charge < -0.3 is 0 Å². The van der Waals surface area contributed by atoms with Crippen molar-refractivity contribution in [1.82, 2.24) is 0 Å². The third-order valence-electron chi connectivity index (χ3n) is 1.25. The second kappa shape index (κ2) is 4.64. The highest BCUT2D eigenvalue weighted by Crippen LogP contribution is 2.22. The quantitative estimate of drug-likeness (QED) is 0.782. The van der Waals surface area contributed by atoms with Crippen LogP contribution in [0.15, 0.2) is 27.0 Å². The Balaban J connectivity index is 3.26. The van der Waals surface area contributed by atoms with Gasteiger partial charge in [-0.1, -0.05) is 15.9 Å². The molecule has 0 saturated heterocycles. The summed E-state index contributed by atoms with van der Waals surface area (Å²) in [4.78, 5) is 10.8. The lowest BCUT2D eigenvalue weighted by Gasteiger charge is -1.96. The van der Waals surface area contributed by atoms with Gasteiger partial charge in [-0.3, -0.25) is 4.79 Å². The van der Waals surface area contributed by atoms with Crippen molar-refractivity contribution in [2.24, 2.45) is 4.36 Å². The van der Waals surface area contributed by atoms with Crippen LogP contribution in [0, 0.1) is 0 Å². The van der Waals surface area contributed by atoms with E-state index in [1.165, 1.54) is 6.07 Å². The van der Waals surface area contributed by atoms with Crippen LogP contribution in [0.5, 0.6) is 0 Å². The summed E-state index contributed by atoms with van der Waals surface area (Å²) in [7, 11) is 0. The molecule has 6 heteroatoms. The van der Waals surface area contributed by atoms with Crippen LogP contribution < -0.4 is 0 Å². The molecule has 0 N–H and O–H groups in total. The summed E-state index contributed by atoms with van der Waals surface area (Å²) < 4.78 is 14.3. The molecule has 0 aromatic heterocycles. The molecule has 1 aromatic rings. The van der Waals surface area contributed by atoms with Gasteiger partial charge in [-0.05, 0) is 29.8 Å². The molecular weight excluding hydrogens is 278 g/mol. The molecule has 0 aliphatic heterocycles.